The van der Waals surface area contributed by atoms with Gasteiger partial charge < -0.3 is 14.5 Å². The molecule has 5 unspecified atom stereocenters. The number of para-hydroxylation sites is 1. The largest absolute Gasteiger partial charge is 0.333 e. The number of rotatable bonds is 9. The summed E-state index contributed by atoms with van der Waals surface area (Å²) < 4.78 is 5.14. The van der Waals surface area contributed by atoms with Crippen molar-refractivity contribution in [2.24, 2.45) is 5.73 Å². The summed E-state index contributed by atoms with van der Waals surface area (Å²) in [6.07, 6.45) is 7.93. The van der Waals surface area contributed by atoms with Crippen LogP contribution in [0.1, 0.15) is 35.8 Å². The minimum Gasteiger partial charge on any atom is -0.333 e. The molecule has 1 aliphatic heterocycles. The van der Waals surface area contributed by atoms with E-state index in [4.69, 9.17) is 5.73 Å². The highest BCUT2D eigenvalue weighted by Gasteiger charge is 2.45. The smallest absolute Gasteiger partial charge is 0.170 e. The Morgan fingerprint density at radius 2 is 1.16 bits per heavy atom. The van der Waals surface area contributed by atoms with Crippen molar-refractivity contribution in [3.63, 3.8) is 0 Å². The molecule has 0 radical (unpaired) electrons. The monoisotopic (exact) mass is 888 g/mol. The first-order valence-electron chi connectivity index (χ1n) is 24.4. The molecule has 0 saturated carbocycles. The highest BCUT2D eigenvalue weighted by molar-refractivity contribution is 6.19. The van der Waals surface area contributed by atoms with Crippen LogP contribution in [0.4, 0.5) is 0 Å². The van der Waals surface area contributed by atoms with Gasteiger partial charge in [0.1, 0.15) is 0 Å². The second-order valence-corrected chi connectivity index (χ2v) is 19.2. The summed E-state index contributed by atoms with van der Waals surface area (Å²) >= 11 is 0. The number of nitrogens with two attached hydrogens (primary N) is 2. The summed E-state index contributed by atoms with van der Waals surface area (Å²) in [5.41, 5.74) is 19.6. The van der Waals surface area contributed by atoms with Gasteiger partial charge in [0.2, 0.25) is 0 Å². The van der Waals surface area contributed by atoms with Crippen LogP contribution in [0.3, 0.4) is 0 Å². The number of hydrogen-bond donors (Lipinski definition) is 2. The van der Waals surface area contributed by atoms with Crippen LogP contribution >= 0.6 is 0 Å². The van der Waals surface area contributed by atoms with Gasteiger partial charge in [-0.1, -0.05) is 188 Å². The summed E-state index contributed by atoms with van der Waals surface area (Å²) in [5.74, 6) is 0. The topological polar surface area (TPSA) is 55.5 Å². The fourth-order valence-corrected chi connectivity index (χ4v) is 11.7. The average molecular weight is 889 g/mol. The summed E-state index contributed by atoms with van der Waals surface area (Å²) in [6.45, 7) is 0.956. The van der Waals surface area contributed by atoms with Gasteiger partial charge in [0.15, 0.2) is 12.3 Å². The molecule has 14 rings (SSSR count). The van der Waals surface area contributed by atoms with E-state index in [1.165, 1.54) is 98.2 Å². The summed E-state index contributed by atoms with van der Waals surface area (Å²) in [7, 11) is 0. The summed E-state index contributed by atoms with van der Waals surface area (Å²) in [5, 5.41) is 14.9. The molecule has 4 N–H and O–H groups in total. The molecule has 0 amide bonds. The van der Waals surface area contributed by atoms with E-state index in [0.717, 1.165) is 24.2 Å². The minimum atomic E-state index is -0.268. The lowest BCUT2D eigenvalue weighted by molar-refractivity contribution is -0.733. The van der Waals surface area contributed by atoms with Gasteiger partial charge in [0.05, 0.1) is 34.2 Å². The molecule has 0 spiro atoms. The third kappa shape index (κ3) is 6.73. The van der Waals surface area contributed by atoms with Gasteiger partial charge in [0, 0.05) is 50.3 Å². The standard InChI is InChI=1S/C64H49N5/c65-63(49-29-28-42-16-4-5-18-44(42)35-49)66-64(67-40-61(67)48-22-12-21-45(34-48)41-14-2-1-3-15-41)50-23-13-24-51(36-50)68-59-38-47-20-7-6-19-46(47)37-57(59)55-33-31-52(39-60(55)68)69-58-27-11-10-26-54(58)56-32-30-43-17-8-9-25-53(43)62(56)69/h1-23,25-39,51,61,63-64,66H,24,40,65H2/p+1. The first-order valence-corrected chi connectivity index (χ1v) is 24.4. The zero-order valence-corrected chi connectivity index (χ0v) is 38.2. The van der Waals surface area contributed by atoms with Crippen LogP contribution in [-0.2, 0) is 0 Å². The number of benzene rings is 10. The molecule has 3 heterocycles. The number of fused-ring (bicyclic) bond motifs is 10. The van der Waals surface area contributed by atoms with E-state index < -0.39 is 0 Å². The van der Waals surface area contributed by atoms with Crippen LogP contribution in [-0.4, -0.2) is 26.7 Å². The number of quaternary nitrogens is 1. The van der Waals surface area contributed by atoms with Crippen molar-refractivity contribution in [2.45, 2.75) is 30.8 Å². The second kappa shape index (κ2) is 16.0. The van der Waals surface area contributed by atoms with E-state index in [0.29, 0.717) is 0 Å². The molecule has 2 aromatic heterocycles. The van der Waals surface area contributed by atoms with Gasteiger partial charge in [-0.3, -0.25) is 5.73 Å². The second-order valence-electron chi connectivity index (χ2n) is 19.2. The Kier molecular flexibility index (Phi) is 9.31. The van der Waals surface area contributed by atoms with E-state index >= 15 is 0 Å². The van der Waals surface area contributed by atoms with Crippen LogP contribution in [0, 0.1) is 0 Å². The van der Waals surface area contributed by atoms with Gasteiger partial charge in [-0.05, 0) is 92.5 Å². The first kappa shape index (κ1) is 40.0. The Balaban J connectivity index is 0.926. The Morgan fingerprint density at radius 1 is 0.493 bits per heavy atom. The zero-order valence-electron chi connectivity index (χ0n) is 38.2. The average Bonchev–Trinajstić information content (AvgIpc) is 4.05. The maximum absolute atomic E-state index is 7.31. The third-order valence-electron chi connectivity index (χ3n) is 15.2. The highest BCUT2D eigenvalue weighted by atomic mass is 15.4. The molecule has 5 heteroatoms. The fraction of sp³-hybridized carbons (Fsp3) is 0.0938. The molecule has 1 aliphatic carbocycles. The summed E-state index contributed by atoms with van der Waals surface area (Å²) in [6, 6.07) is 78.5. The van der Waals surface area contributed by atoms with Gasteiger partial charge in [0.25, 0.3) is 0 Å². The Bertz CT molecular complexity index is 4060. The van der Waals surface area contributed by atoms with Gasteiger partial charge in [-0.25, -0.2) is 4.90 Å². The van der Waals surface area contributed by atoms with E-state index in [-0.39, 0.29) is 24.4 Å². The van der Waals surface area contributed by atoms with Gasteiger partial charge >= 0.3 is 0 Å². The maximum atomic E-state index is 7.31. The maximum Gasteiger partial charge on any atom is 0.170 e. The predicted molar refractivity (Wildman–Crippen MR) is 288 cm³/mol. The lowest BCUT2D eigenvalue weighted by Gasteiger charge is -2.27. The SMILES string of the molecule is NC([NH2+]C(C1=CC(n2c3cc(-n4c5ccccc5c5ccc6ccccc6c54)ccc3c3cc4ccccc4cc32)CC=C1)N1CC1c1cccc(-c2ccccc2)c1)c1ccc2ccccc2c1. The van der Waals surface area contributed by atoms with Crippen LogP contribution < -0.4 is 11.1 Å². The van der Waals surface area contributed by atoms with Crippen LogP contribution in [0.5, 0.6) is 0 Å². The fourth-order valence-electron chi connectivity index (χ4n) is 11.7. The van der Waals surface area contributed by atoms with Crippen LogP contribution in [0.2, 0.25) is 0 Å². The van der Waals surface area contributed by atoms with E-state index in [2.05, 4.69) is 250 Å². The number of allylic oxidation sites excluding steroid dienone is 2. The normalized spacial score (nSPS) is 17.9. The molecule has 2 aliphatic rings. The molecule has 330 valence electrons. The lowest BCUT2D eigenvalue weighted by Crippen LogP contribution is -2.95. The van der Waals surface area contributed by atoms with Gasteiger partial charge in [-0.2, -0.15) is 0 Å². The molecule has 0 bridgehead atoms. The molecule has 1 fully saturated rings. The number of aromatic nitrogens is 2. The third-order valence-corrected chi connectivity index (χ3v) is 15.2. The molecule has 5 atom stereocenters. The molecule has 1 saturated heterocycles. The van der Waals surface area contributed by atoms with E-state index in [1.54, 1.807) is 0 Å². The van der Waals surface area contributed by atoms with Crippen molar-refractivity contribution in [2.75, 3.05) is 6.54 Å². The van der Waals surface area contributed by atoms with Gasteiger partial charge in [-0.15, -0.1) is 0 Å². The molecular formula is C64H50N5+. The van der Waals surface area contributed by atoms with Crippen molar-refractivity contribution >= 4 is 75.9 Å². The number of nitrogens with zero attached hydrogens (tertiary/aromatic N) is 3. The van der Waals surface area contributed by atoms with Crippen molar-refractivity contribution in [3.05, 3.63) is 247 Å². The zero-order chi connectivity index (χ0) is 45.6. The Morgan fingerprint density at radius 3 is 2.01 bits per heavy atom. The van der Waals surface area contributed by atoms with Crippen molar-refractivity contribution in [3.8, 4) is 16.8 Å². The highest BCUT2D eigenvalue weighted by Crippen LogP contribution is 2.43. The van der Waals surface area contributed by atoms with Crippen molar-refractivity contribution in [1.29, 1.82) is 0 Å². The minimum absolute atomic E-state index is 0.00809. The van der Waals surface area contributed by atoms with Crippen molar-refractivity contribution < 1.29 is 5.32 Å². The molecule has 69 heavy (non-hydrogen) atoms. The van der Waals surface area contributed by atoms with Crippen LogP contribution in [0.15, 0.2) is 236 Å². The Hall–Kier alpha value is -8.06. The quantitative estimate of drug-likeness (QED) is 0.112. The number of hydrogen-bond acceptors (Lipinski definition) is 2. The molecule has 10 aromatic carbocycles. The molecule has 5 nitrogen and oxygen atoms in total. The van der Waals surface area contributed by atoms with E-state index in [1.807, 2.05) is 0 Å². The molecular weight excluding hydrogens is 839 g/mol. The molecule has 12 aromatic rings. The lowest BCUT2D eigenvalue weighted by atomic mass is 9.98. The predicted octanol–water partition coefficient (Wildman–Crippen LogP) is 14.0. The van der Waals surface area contributed by atoms with Crippen LogP contribution in [0.25, 0.3) is 92.7 Å². The first-order chi connectivity index (χ1) is 34.1. The Labute approximate surface area is 400 Å². The van der Waals surface area contributed by atoms with E-state index in [9.17, 15) is 0 Å². The summed E-state index contributed by atoms with van der Waals surface area (Å²) in [4.78, 5) is 2.63. The van der Waals surface area contributed by atoms with Crippen molar-refractivity contribution in [1.82, 2.24) is 14.0 Å².